The van der Waals surface area contributed by atoms with Crippen molar-refractivity contribution >= 4 is 29.0 Å². The normalized spacial score (nSPS) is 14.1. The van der Waals surface area contributed by atoms with Crippen LogP contribution in [0.1, 0.15) is 15.9 Å². The molecule has 102 valence electrons. The van der Waals surface area contributed by atoms with Crippen molar-refractivity contribution < 1.29 is 14.0 Å². The van der Waals surface area contributed by atoms with Gasteiger partial charge in [0.15, 0.2) is 0 Å². The largest absolute Gasteiger partial charge is 0.299 e. The maximum absolute atomic E-state index is 13.9. The van der Waals surface area contributed by atoms with E-state index in [0.29, 0.717) is 5.56 Å². The molecule has 0 spiro atoms. The summed E-state index contributed by atoms with van der Waals surface area (Å²) in [4.78, 5) is 25.0. The van der Waals surface area contributed by atoms with Gasteiger partial charge in [-0.15, -0.1) is 0 Å². The Labute approximate surface area is 118 Å². The van der Waals surface area contributed by atoms with Gasteiger partial charge in [-0.1, -0.05) is 11.6 Å². The standard InChI is InChI=1S/C13H9ClFN3O2/c1-17-5-7(4-16-17)6-18-11-9(15)3-2-8(14)10(11)12(19)13(18)20/h2-5H,6H2,1H3. The molecule has 0 aliphatic carbocycles. The number of carbonyl (C=O) groups is 2. The van der Waals surface area contributed by atoms with Crippen LogP contribution in [0.5, 0.6) is 0 Å². The summed E-state index contributed by atoms with van der Waals surface area (Å²) < 4.78 is 15.5. The van der Waals surface area contributed by atoms with Crippen molar-refractivity contribution in [3.63, 3.8) is 0 Å². The van der Waals surface area contributed by atoms with Crippen LogP contribution >= 0.6 is 11.6 Å². The highest BCUT2D eigenvalue weighted by atomic mass is 35.5. The number of benzene rings is 1. The summed E-state index contributed by atoms with van der Waals surface area (Å²) in [7, 11) is 1.73. The summed E-state index contributed by atoms with van der Waals surface area (Å²) in [6, 6.07) is 2.41. The highest BCUT2D eigenvalue weighted by Gasteiger charge is 2.39. The molecule has 0 bridgehead atoms. The molecule has 20 heavy (non-hydrogen) atoms. The fourth-order valence-corrected chi connectivity index (χ4v) is 2.48. The molecule has 0 fully saturated rings. The molecule has 1 aromatic carbocycles. The van der Waals surface area contributed by atoms with E-state index >= 15 is 0 Å². The Kier molecular flexibility index (Phi) is 2.83. The van der Waals surface area contributed by atoms with Gasteiger partial charge < -0.3 is 0 Å². The summed E-state index contributed by atoms with van der Waals surface area (Å²) in [5.74, 6) is -2.21. The van der Waals surface area contributed by atoms with Crippen LogP contribution in [0.25, 0.3) is 0 Å². The first-order valence-electron chi connectivity index (χ1n) is 5.80. The predicted molar refractivity (Wildman–Crippen MR) is 70.1 cm³/mol. The first-order valence-corrected chi connectivity index (χ1v) is 6.18. The fourth-order valence-electron chi connectivity index (χ4n) is 2.24. The summed E-state index contributed by atoms with van der Waals surface area (Å²) in [5, 5.41) is 4.05. The Morgan fingerprint density at radius 3 is 2.75 bits per heavy atom. The summed E-state index contributed by atoms with van der Waals surface area (Å²) in [5.41, 5.74) is 0.567. The second kappa shape index (κ2) is 4.42. The van der Waals surface area contributed by atoms with Gasteiger partial charge in [0.25, 0.3) is 11.7 Å². The Hall–Kier alpha value is -2.21. The third kappa shape index (κ3) is 1.80. The van der Waals surface area contributed by atoms with Crippen molar-refractivity contribution in [2.24, 2.45) is 7.05 Å². The van der Waals surface area contributed by atoms with E-state index in [-0.39, 0.29) is 22.8 Å². The van der Waals surface area contributed by atoms with Gasteiger partial charge in [-0.3, -0.25) is 19.2 Å². The lowest BCUT2D eigenvalue weighted by atomic mass is 10.1. The molecule has 2 heterocycles. The zero-order valence-electron chi connectivity index (χ0n) is 10.4. The molecule has 0 saturated carbocycles. The van der Waals surface area contributed by atoms with Crippen molar-refractivity contribution in [1.82, 2.24) is 9.78 Å². The highest BCUT2D eigenvalue weighted by molar-refractivity contribution is 6.55. The number of aryl methyl sites for hydroxylation is 1. The zero-order valence-corrected chi connectivity index (χ0v) is 11.2. The number of rotatable bonds is 2. The number of fused-ring (bicyclic) bond motifs is 1. The Morgan fingerprint density at radius 2 is 2.10 bits per heavy atom. The van der Waals surface area contributed by atoms with E-state index < -0.39 is 17.5 Å². The van der Waals surface area contributed by atoms with Gasteiger partial charge in [0, 0.05) is 18.8 Å². The van der Waals surface area contributed by atoms with E-state index in [0.717, 1.165) is 11.0 Å². The maximum Gasteiger partial charge on any atom is 0.299 e. The van der Waals surface area contributed by atoms with E-state index in [1.807, 2.05) is 0 Å². The van der Waals surface area contributed by atoms with E-state index in [4.69, 9.17) is 11.6 Å². The number of nitrogens with zero attached hydrogens (tertiary/aromatic N) is 3. The van der Waals surface area contributed by atoms with E-state index in [1.54, 1.807) is 24.1 Å². The molecule has 1 aliphatic rings. The van der Waals surface area contributed by atoms with Crippen LogP contribution in [-0.4, -0.2) is 21.5 Å². The van der Waals surface area contributed by atoms with Crippen molar-refractivity contribution in [2.75, 3.05) is 4.90 Å². The molecule has 3 rings (SSSR count). The van der Waals surface area contributed by atoms with Gasteiger partial charge in [0.1, 0.15) is 5.82 Å². The predicted octanol–water partition coefficient (Wildman–Crippen LogP) is 1.94. The lowest BCUT2D eigenvalue weighted by molar-refractivity contribution is -0.114. The molecular formula is C13H9ClFN3O2. The number of ketones is 1. The number of Topliss-reactive ketones (excluding diaryl/α,β-unsaturated/α-hetero) is 1. The number of anilines is 1. The molecular weight excluding hydrogens is 285 g/mol. The molecule has 1 aromatic heterocycles. The Balaban J connectivity index is 2.08. The topological polar surface area (TPSA) is 55.2 Å². The third-order valence-corrected chi connectivity index (χ3v) is 3.43. The Morgan fingerprint density at radius 1 is 1.35 bits per heavy atom. The number of halogens is 2. The van der Waals surface area contributed by atoms with Gasteiger partial charge >= 0.3 is 0 Å². The average molecular weight is 294 g/mol. The second-order valence-corrected chi connectivity index (χ2v) is 4.90. The van der Waals surface area contributed by atoms with Crippen LogP contribution in [0.3, 0.4) is 0 Å². The average Bonchev–Trinajstić information content (AvgIpc) is 2.92. The smallest absolute Gasteiger partial charge is 0.297 e. The van der Waals surface area contributed by atoms with Crippen LogP contribution in [-0.2, 0) is 18.4 Å². The first-order chi connectivity index (χ1) is 9.49. The minimum atomic E-state index is -0.784. The lowest BCUT2D eigenvalue weighted by Crippen LogP contribution is -2.29. The highest BCUT2D eigenvalue weighted by Crippen LogP contribution is 2.37. The first kappa shape index (κ1) is 12.8. The van der Waals surface area contributed by atoms with Crippen LogP contribution in [0.4, 0.5) is 10.1 Å². The molecule has 0 saturated heterocycles. The van der Waals surface area contributed by atoms with Crippen LogP contribution in [0.2, 0.25) is 5.02 Å². The number of hydrogen-bond acceptors (Lipinski definition) is 3. The molecule has 0 N–H and O–H groups in total. The lowest BCUT2D eigenvalue weighted by Gasteiger charge is -2.16. The quantitative estimate of drug-likeness (QED) is 0.795. The van der Waals surface area contributed by atoms with Gasteiger partial charge in [-0.05, 0) is 12.1 Å². The van der Waals surface area contributed by atoms with Crippen molar-refractivity contribution in [3.8, 4) is 0 Å². The van der Waals surface area contributed by atoms with Gasteiger partial charge in [0.2, 0.25) is 0 Å². The van der Waals surface area contributed by atoms with Gasteiger partial charge in [-0.2, -0.15) is 5.10 Å². The molecule has 0 radical (unpaired) electrons. The monoisotopic (exact) mass is 293 g/mol. The summed E-state index contributed by atoms with van der Waals surface area (Å²) in [6.45, 7) is 0.0721. The van der Waals surface area contributed by atoms with E-state index in [9.17, 15) is 14.0 Å². The van der Waals surface area contributed by atoms with Crippen molar-refractivity contribution in [1.29, 1.82) is 0 Å². The molecule has 2 aromatic rings. The van der Waals surface area contributed by atoms with Crippen molar-refractivity contribution in [2.45, 2.75) is 6.54 Å². The van der Waals surface area contributed by atoms with Gasteiger partial charge in [0.05, 0.1) is 29.0 Å². The van der Waals surface area contributed by atoms with Crippen LogP contribution < -0.4 is 4.90 Å². The minimum Gasteiger partial charge on any atom is -0.297 e. The minimum absolute atomic E-state index is 0.0589. The molecule has 5 nitrogen and oxygen atoms in total. The summed E-state index contributed by atoms with van der Waals surface area (Å²) in [6.07, 6.45) is 3.25. The SMILES string of the molecule is Cn1cc(CN2C(=O)C(=O)c3c(Cl)ccc(F)c32)cn1. The fraction of sp³-hybridized carbons (Fsp3) is 0.154. The Bertz CT molecular complexity index is 741. The summed E-state index contributed by atoms with van der Waals surface area (Å²) >= 11 is 5.89. The number of hydrogen-bond donors (Lipinski definition) is 0. The van der Waals surface area contributed by atoms with Gasteiger partial charge in [-0.25, -0.2) is 4.39 Å². The molecule has 7 heteroatoms. The van der Waals surface area contributed by atoms with Crippen LogP contribution in [0.15, 0.2) is 24.5 Å². The van der Waals surface area contributed by atoms with Crippen molar-refractivity contribution in [3.05, 3.63) is 46.5 Å². The molecule has 0 unspecified atom stereocenters. The number of amides is 1. The second-order valence-electron chi connectivity index (χ2n) is 4.50. The third-order valence-electron chi connectivity index (χ3n) is 3.11. The molecule has 1 amide bonds. The molecule has 0 atom stereocenters. The number of carbonyl (C=O) groups excluding carboxylic acids is 2. The maximum atomic E-state index is 13.9. The molecule has 1 aliphatic heterocycles. The number of aromatic nitrogens is 2. The van der Waals surface area contributed by atoms with E-state index in [1.165, 1.54) is 6.07 Å². The van der Waals surface area contributed by atoms with E-state index in [2.05, 4.69) is 5.10 Å². The van der Waals surface area contributed by atoms with Crippen LogP contribution in [0, 0.1) is 5.82 Å². The zero-order chi connectivity index (χ0) is 14.4.